The van der Waals surface area contributed by atoms with Gasteiger partial charge in [-0.3, -0.25) is 9.55 Å². The van der Waals surface area contributed by atoms with E-state index < -0.39 is 0 Å². The maximum absolute atomic E-state index is 5.10. The van der Waals surface area contributed by atoms with Crippen molar-refractivity contribution in [2.45, 2.75) is 0 Å². The molecule has 0 saturated heterocycles. The highest BCUT2D eigenvalue weighted by molar-refractivity contribution is 7.25. The van der Waals surface area contributed by atoms with Gasteiger partial charge in [0.1, 0.15) is 5.82 Å². The first kappa shape index (κ1) is 22.5. The summed E-state index contributed by atoms with van der Waals surface area (Å²) in [6.07, 6.45) is 3.65. The Morgan fingerprint density at radius 2 is 1.29 bits per heavy atom. The zero-order chi connectivity index (χ0) is 26.9. The molecule has 1 aliphatic rings. The smallest absolute Gasteiger partial charge is 0.145 e. The molecular weight excluding hydrogens is 520 g/mol. The highest BCUT2D eigenvalue weighted by atomic mass is 32.1. The lowest BCUT2D eigenvalue weighted by Gasteiger charge is -2.33. The van der Waals surface area contributed by atoms with E-state index in [9.17, 15) is 0 Å². The number of para-hydroxylation sites is 3. The van der Waals surface area contributed by atoms with Gasteiger partial charge in [-0.15, -0.1) is 11.3 Å². The lowest BCUT2D eigenvalue weighted by molar-refractivity contribution is 1.06. The molecule has 4 nitrogen and oxygen atoms in total. The van der Waals surface area contributed by atoms with Gasteiger partial charge in [0.2, 0.25) is 0 Å². The SMILES string of the molecule is c1cc(-c2ccc3sc4ccccc4c3c2)cc(N2c3ccccc3-n3c(-c4ccncc4)nc4cccc2c43)c1. The fourth-order valence-corrected chi connectivity index (χ4v) is 7.29. The van der Waals surface area contributed by atoms with Crippen LogP contribution in [0.2, 0.25) is 0 Å². The number of rotatable bonds is 3. The van der Waals surface area contributed by atoms with Gasteiger partial charge in [0.05, 0.1) is 28.1 Å². The minimum Gasteiger partial charge on any atom is -0.306 e. The minimum atomic E-state index is 0.923. The molecule has 0 fully saturated rings. The maximum atomic E-state index is 5.10. The summed E-state index contributed by atoms with van der Waals surface area (Å²) in [6.45, 7) is 0. The summed E-state index contributed by atoms with van der Waals surface area (Å²) < 4.78 is 4.95. The van der Waals surface area contributed by atoms with Gasteiger partial charge in [-0.2, -0.15) is 0 Å². The van der Waals surface area contributed by atoms with Crippen LogP contribution in [0.5, 0.6) is 0 Å². The van der Waals surface area contributed by atoms with Crippen LogP contribution in [0.1, 0.15) is 0 Å². The third-order valence-electron chi connectivity index (χ3n) is 8.01. The number of hydrogen-bond acceptors (Lipinski definition) is 4. The standard InChI is InChI=1S/C36H22N4S/c1-4-14-33-27(9-1)28-22-25(15-16-34(28)41-33)24-7-5-8-26(21-24)39-30-11-2-3-12-31(30)40-35-29(10-6-13-32(35)39)38-36(40)23-17-19-37-20-18-23/h1-22H. The van der Waals surface area contributed by atoms with E-state index in [2.05, 4.69) is 124 Å². The van der Waals surface area contributed by atoms with Crippen molar-refractivity contribution in [2.24, 2.45) is 0 Å². The number of thiophene rings is 1. The second-order valence-electron chi connectivity index (χ2n) is 10.3. The third-order valence-corrected chi connectivity index (χ3v) is 9.16. The number of aromatic nitrogens is 3. The molecular formula is C36H22N4S. The second-order valence-corrected chi connectivity index (χ2v) is 11.4. The normalized spacial score (nSPS) is 12.3. The van der Waals surface area contributed by atoms with Crippen LogP contribution >= 0.6 is 11.3 Å². The van der Waals surface area contributed by atoms with Crippen LogP contribution in [-0.2, 0) is 0 Å². The molecule has 0 unspecified atom stereocenters. The zero-order valence-electron chi connectivity index (χ0n) is 21.9. The molecule has 0 spiro atoms. The van der Waals surface area contributed by atoms with Crippen molar-refractivity contribution in [3.8, 4) is 28.2 Å². The Hall–Kier alpha value is -5.26. The van der Waals surface area contributed by atoms with Crippen LogP contribution in [0.25, 0.3) is 59.4 Å². The summed E-state index contributed by atoms with van der Waals surface area (Å²) in [6, 6.07) is 43.5. The van der Waals surface area contributed by atoms with Crippen molar-refractivity contribution < 1.29 is 0 Å². The van der Waals surface area contributed by atoms with E-state index in [1.54, 1.807) is 0 Å². The van der Waals surface area contributed by atoms with Crippen molar-refractivity contribution in [3.63, 3.8) is 0 Å². The molecule has 41 heavy (non-hydrogen) atoms. The molecule has 0 saturated carbocycles. The number of nitrogens with zero attached hydrogens (tertiary/aromatic N) is 4. The number of benzene rings is 5. The number of hydrogen-bond donors (Lipinski definition) is 0. The first-order valence-electron chi connectivity index (χ1n) is 13.7. The van der Waals surface area contributed by atoms with Crippen molar-refractivity contribution >= 4 is 59.6 Å². The maximum Gasteiger partial charge on any atom is 0.145 e. The molecule has 3 aromatic heterocycles. The Kier molecular flexibility index (Phi) is 4.74. The molecule has 8 aromatic rings. The largest absolute Gasteiger partial charge is 0.306 e. The van der Waals surface area contributed by atoms with E-state index in [1.807, 2.05) is 35.9 Å². The molecule has 0 bridgehead atoms. The number of imidazole rings is 1. The van der Waals surface area contributed by atoms with Crippen molar-refractivity contribution in [2.75, 3.05) is 4.90 Å². The van der Waals surface area contributed by atoms with Gasteiger partial charge >= 0.3 is 0 Å². The number of pyridine rings is 1. The lowest BCUT2D eigenvalue weighted by Crippen LogP contribution is -2.18. The summed E-state index contributed by atoms with van der Waals surface area (Å²) in [5.74, 6) is 0.923. The first-order valence-corrected chi connectivity index (χ1v) is 14.5. The molecule has 5 aromatic carbocycles. The predicted molar refractivity (Wildman–Crippen MR) is 171 cm³/mol. The Bertz CT molecular complexity index is 2280. The van der Waals surface area contributed by atoms with E-state index in [0.717, 1.165) is 45.2 Å². The summed E-state index contributed by atoms with van der Waals surface area (Å²) in [7, 11) is 0. The van der Waals surface area contributed by atoms with Crippen LogP contribution in [0, 0.1) is 0 Å². The zero-order valence-corrected chi connectivity index (χ0v) is 22.7. The Labute approximate surface area is 240 Å². The molecule has 0 radical (unpaired) electrons. The first-order chi connectivity index (χ1) is 20.3. The molecule has 0 atom stereocenters. The van der Waals surface area contributed by atoms with Crippen LogP contribution in [0.15, 0.2) is 134 Å². The Morgan fingerprint density at radius 3 is 2.22 bits per heavy atom. The van der Waals surface area contributed by atoms with Crippen molar-refractivity contribution in [1.29, 1.82) is 0 Å². The molecule has 4 heterocycles. The summed E-state index contributed by atoms with van der Waals surface area (Å²) in [5.41, 5.74) is 10.0. The van der Waals surface area contributed by atoms with Crippen LogP contribution < -0.4 is 4.90 Å². The molecule has 0 amide bonds. The van der Waals surface area contributed by atoms with E-state index >= 15 is 0 Å². The summed E-state index contributed by atoms with van der Waals surface area (Å²) in [4.78, 5) is 11.7. The molecule has 192 valence electrons. The molecule has 5 heteroatoms. The van der Waals surface area contributed by atoms with Crippen LogP contribution in [0.4, 0.5) is 17.1 Å². The van der Waals surface area contributed by atoms with Crippen LogP contribution in [-0.4, -0.2) is 14.5 Å². The number of fused-ring (bicyclic) bond motifs is 5. The average Bonchev–Trinajstić information content (AvgIpc) is 3.61. The topological polar surface area (TPSA) is 34.0 Å². The fraction of sp³-hybridized carbons (Fsp3) is 0. The highest BCUT2D eigenvalue weighted by Gasteiger charge is 2.29. The van der Waals surface area contributed by atoms with Crippen molar-refractivity contribution in [1.82, 2.24) is 14.5 Å². The van der Waals surface area contributed by atoms with E-state index in [4.69, 9.17) is 4.98 Å². The quantitative estimate of drug-likeness (QED) is 0.223. The number of anilines is 3. The monoisotopic (exact) mass is 542 g/mol. The van der Waals surface area contributed by atoms with E-state index in [0.29, 0.717) is 0 Å². The van der Waals surface area contributed by atoms with E-state index in [-0.39, 0.29) is 0 Å². The van der Waals surface area contributed by atoms with Crippen molar-refractivity contribution in [3.05, 3.63) is 134 Å². The predicted octanol–water partition coefficient (Wildman–Crippen LogP) is 9.91. The summed E-state index contributed by atoms with van der Waals surface area (Å²) in [5, 5.41) is 2.63. The Balaban J connectivity index is 1.25. The van der Waals surface area contributed by atoms with Gasteiger partial charge in [-0.25, -0.2) is 4.98 Å². The average molecular weight is 543 g/mol. The second kappa shape index (κ2) is 8.62. The van der Waals surface area contributed by atoms with Gasteiger partial charge in [0, 0.05) is 43.8 Å². The molecule has 1 aliphatic heterocycles. The Morgan fingerprint density at radius 1 is 0.537 bits per heavy atom. The fourth-order valence-electron chi connectivity index (χ4n) is 6.20. The molecule has 9 rings (SSSR count). The third kappa shape index (κ3) is 3.33. The van der Waals surface area contributed by atoms with Gasteiger partial charge < -0.3 is 4.90 Å². The molecule has 0 N–H and O–H groups in total. The lowest BCUT2D eigenvalue weighted by atomic mass is 10.0. The summed E-state index contributed by atoms with van der Waals surface area (Å²) >= 11 is 1.85. The van der Waals surface area contributed by atoms with Gasteiger partial charge in [0.25, 0.3) is 0 Å². The van der Waals surface area contributed by atoms with Crippen LogP contribution in [0.3, 0.4) is 0 Å². The van der Waals surface area contributed by atoms with E-state index in [1.165, 1.54) is 31.3 Å². The minimum absolute atomic E-state index is 0.923. The van der Waals surface area contributed by atoms with Gasteiger partial charge in [0.15, 0.2) is 0 Å². The highest BCUT2D eigenvalue weighted by Crippen LogP contribution is 2.48. The van der Waals surface area contributed by atoms with Gasteiger partial charge in [-0.05, 0) is 77.9 Å². The van der Waals surface area contributed by atoms with Gasteiger partial charge in [-0.1, -0.05) is 54.6 Å². The molecule has 0 aliphatic carbocycles.